The van der Waals surface area contributed by atoms with Crippen molar-refractivity contribution in [2.75, 3.05) is 6.54 Å². The second-order valence-corrected chi connectivity index (χ2v) is 10.6. The molecule has 4 atom stereocenters. The Morgan fingerprint density at radius 1 is 1.26 bits per heavy atom. The Hall–Kier alpha value is -1.06. The maximum atomic E-state index is 12.5. The topological polar surface area (TPSA) is 46.6 Å². The number of carbonyl (C=O) groups is 2. The average Bonchev–Trinajstić information content (AvgIpc) is 3.31. The SMILES string of the molecule is C[C@H](CCCN(C(=O)OC(C)(C)C)C1CC1)[C@H]1CC[C@H]2C(=O)CCC[C@]12C. The van der Waals surface area contributed by atoms with E-state index in [1.165, 1.54) is 12.8 Å². The molecule has 0 heterocycles. The van der Waals surface area contributed by atoms with Crippen LogP contribution in [0.1, 0.15) is 92.4 Å². The second-order valence-electron chi connectivity index (χ2n) is 10.6. The van der Waals surface area contributed by atoms with E-state index in [1.54, 1.807) is 0 Å². The minimum Gasteiger partial charge on any atom is -0.444 e. The van der Waals surface area contributed by atoms with Crippen LogP contribution in [0.15, 0.2) is 0 Å². The third-order valence-electron chi connectivity index (χ3n) is 7.30. The first-order chi connectivity index (χ1) is 12.6. The van der Waals surface area contributed by atoms with E-state index in [1.807, 2.05) is 25.7 Å². The first kappa shape index (κ1) is 20.7. The lowest BCUT2D eigenvalue weighted by Crippen LogP contribution is -2.40. The summed E-state index contributed by atoms with van der Waals surface area (Å²) in [6, 6.07) is 0.388. The molecule has 0 aromatic carbocycles. The number of amides is 1. The Morgan fingerprint density at radius 2 is 1.96 bits per heavy atom. The zero-order chi connectivity index (χ0) is 19.8. The second kappa shape index (κ2) is 7.75. The number of fused-ring (bicyclic) bond motifs is 1. The fourth-order valence-corrected chi connectivity index (χ4v) is 5.82. The molecule has 27 heavy (non-hydrogen) atoms. The maximum absolute atomic E-state index is 12.5. The van der Waals surface area contributed by atoms with Gasteiger partial charge in [0.15, 0.2) is 0 Å². The van der Waals surface area contributed by atoms with E-state index in [2.05, 4.69) is 13.8 Å². The number of ketones is 1. The Labute approximate surface area is 165 Å². The average molecular weight is 378 g/mol. The molecule has 0 bridgehead atoms. The highest BCUT2D eigenvalue weighted by atomic mass is 16.6. The van der Waals surface area contributed by atoms with Crippen molar-refractivity contribution in [2.45, 2.75) is 104 Å². The molecule has 3 fully saturated rings. The van der Waals surface area contributed by atoms with Crippen LogP contribution in [0.4, 0.5) is 4.79 Å². The monoisotopic (exact) mass is 377 g/mol. The quantitative estimate of drug-likeness (QED) is 0.606. The normalized spacial score (nSPS) is 32.1. The minimum absolute atomic E-state index is 0.150. The summed E-state index contributed by atoms with van der Waals surface area (Å²) in [6.45, 7) is 11.3. The van der Waals surface area contributed by atoms with E-state index in [0.717, 1.165) is 51.5 Å². The van der Waals surface area contributed by atoms with Gasteiger partial charge in [-0.1, -0.05) is 13.8 Å². The molecule has 0 aliphatic heterocycles. The summed E-state index contributed by atoms with van der Waals surface area (Å²) in [5, 5.41) is 0. The molecule has 0 radical (unpaired) electrons. The van der Waals surface area contributed by atoms with Gasteiger partial charge in [-0.2, -0.15) is 0 Å². The van der Waals surface area contributed by atoms with Gasteiger partial charge in [0, 0.05) is 24.9 Å². The predicted octanol–water partition coefficient (Wildman–Crippen LogP) is 5.59. The van der Waals surface area contributed by atoms with Crippen LogP contribution in [0.2, 0.25) is 0 Å². The Kier molecular flexibility index (Phi) is 5.93. The summed E-state index contributed by atoms with van der Waals surface area (Å²) in [4.78, 5) is 26.8. The first-order valence-corrected chi connectivity index (χ1v) is 11.1. The molecule has 0 spiro atoms. The molecule has 3 saturated carbocycles. The third kappa shape index (κ3) is 4.68. The van der Waals surface area contributed by atoms with Gasteiger partial charge in [0.05, 0.1) is 0 Å². The van der Waals surface area contributed by atoms with Crippen molar-refractivity contribution in [3.8, 4) is 0 Å². The molecule has 1 amide bonds. The summed E-state index contributed by atoms with van der Waals surface area (Å²) >= 11 is 0. The van der Waals surface area contributed by atoms with Gasteiger partial charge in [-0.05, 0) is 89.4 Å². The van der Waals surface area contributed by atoms with E-state index in [9.17, 15) is 9.59 Å². The molecule has 0 aromatic rings. The molecule has 0 unspecified atom stereocenters. The number of Topliss-reactive ketones (excluding diaryl/α,β-unsaturated/α-hetero) is 1. The van der Waals surface area contributed by atoms with Gasteiger partial charge in [0.1, 0.15) is 11.4 Å². The number of rotatable bonds is 6. The van der Waals surface area contributed by atoms with Crippen LogP contribution in [-0.2, 0) is 9.53 Å². The lowest BCUT2D eigenvalue weighted by molar-refractivity contribution is -0.130. The summed E-state index contributed by atoms with van der Waals surface area (Å²) in [6.07, 6.45) is 9.61. The van der Waals surface area contributed by atoms with Crippen molar-refractivity contribution in [1.82, 2.24) is 4.90 Å². The molecule has 0 N–H and O–H groups in total. The molecule has 3 aliphatic rings. The molecule has 3 rings (SSSR count). The van der Waals surface area contributed by atoms with Gasteiger partial charge in [-0.15, -0.1) is 0 Å². The van der Waals surface area contributed by atoms with Crippen LogP contribution < -0.4 is 0 Å². The van der Waals surface area contributed by atoms with Crippen molar-refractivity contribution >= 4 is 11.9 Å². The van der Waals surface area contributed by atoms with Gasteiger partial charge >= 0.3 is 6.09 Å². The fraction of sp³-hybridized carbons (Fsp3) is 0.913. The van der Waals surface area contributed by atoms with Gasteiger partial charge in [0.25, 0.3) is 0 Å². The molecule has 3 aliphatic carbocycles. The lowest BCUT2D eigenvalue weighted by Gasteiger charge is -2.42. The van der Waals surface area contributed by atoms with Crippen LogP contribution in [0, 0.1) is 23.2 Å². The Bertz CT molecular complexity index is 562. The van der Waals surface area contributed by atoms with E-state index in [4.69, 9.17) is 4.74 Å². The van der Waals surface area contributed by atoms with Gasteiger partial charge in [-0.3, -0.25) is 4.79 Å². The maximum Gasteiger partial charge on any atom is 0.410 e. The number of ether oxygens (including phenoxy) is 1. The lowest BCUT2D eigenvalue weighted by atomic mass is 9.62. The largest absolute Gasteiger partial charge is 0.444 e. The number of hydrogen-bond acceptors (Lipinski definition) is 3. The van der Waals surface area contributed by atoms with Crippen molar-refractivity contribution in [1.29, 1.82) is 0 Å². The third-order valence-corrected chi connectivity index (χ3v) is 7.30. The smallest absolute Gasteiger partial charge is 0.410 e. The Morgan fingerprint density at radius 3 is 2.59 bits per heavy atom. The Balaban J connectivity index is 1.52. The number of carbonyl (C=O) groups excluding carboxylic acids is 2. The van der Waals surface area contributed by atoms with Gasteiger partial charge in [-0.25, -0.2) is 4.79 Å². The summed E-state index contributed by atoms with van der Waals surface area (Å²) < 4.78 is 5.61. The van der Waals surface area contributed by atoms with Crippen molar-refractivity contribution < 1.29 is 14.3 Å². The summed E-state index contributed by atoms with van der Waals surface area (Å²) in [5.41, 5.74) is -0.214. The van der Waals surface area contributed by atoms with Gasteiger partial charge < -0.3 is 9.64 Å². The van der Waals surface area contributed by atoms with Crippen LogP contribution in [0.25, 0.3) is 0 Å². The molecule has 154 valence electrons. The standard InChI is InChI=1S/C23H39NO3/c1-16(18-12-13-19-20(25)9-6-14-23(18,19)5)8-7-15-24(17-10-11-17)21(26)27-22(2,3)4/h16-19H,6-15H2,1-5H3/t16-,18-,19+,23-/m1/s1. The first-order valence-electron chi connectivity index (χ1n) is 11.1. The zero-order valence-corrected chi connectivity index (χ0v) is 18.1. The minimum atomic E-state index is -0.432. The summed E-state index contributed by atoms with van der Waals surface area (Å²) in [7, 11) is 0. The fourth-order valence-electron chi connectivity index (χ4n) is 5.82. The highest BCUT2D eigenvalue weighted by Gasteiger charge is 2.52. The molecule has 0 saturated heterocycles. The molecular weight excluding hydrogens is 338 g/mol. The number of nitrogens with zero attached hydrogens (tertiary/aromatic N) is 1. The molecular formula is C23H39NO3. The van der Waals surface area contributed by atoms with E-state index in [0.29, 0.717) is 29.6 Å². The van der Waals surface area contributed by atoms with E-state index < -0.39 is 5.60 Å². The van der Waals surface area contributed by atoms with Crippen molar-refractivity contribution in [3.63, 3.8) is 0 Å². The summed E-state index contributed by atoms with van der Waals surface area (Å²) in [5.74, 6) is 2.10. The highest BCUT2D eigenvalue weighted by Crippen LogP contribution is 2.57. The van der Waals surface area contributed by atoms with Crippen molar-refractivity contribution in [3.05, 3.63) is 0 Å². The van der Waals surface area contributed by atoms with E-state index >= 15 is 0 Å². The van der Waals surface area contributed by atoms with Crippen LogP contribution in [-0.4, -0.2) is 35.0 Å². The number of hydrogen-bond donors (Lipinski definition) is 0. The van der Waals surface area contributed by atoms with Gasteiger partial charge in [0.2, 0.25) is 0 Å². The zero-order valence-electron chi connectivity index (χ0n) is 18.1. The molecule has 4 nitrogen and oxygen atoms in total. The molecule has 4 heteroatoms. The highest BCUT2D eigenvalue weighted by molar-refractivity contribution is 5.83. The van der Waals surface area contributed by atoms with Crippen LogP contribution in [0.5, 0.6) is 0 Å². The van der Waals surface area contributed by atoms with Crippen molar-refractivity contribution in [2.24, 2.45) is 23.2 Å². The predicted molar refractivity (Wildman–Crippen MR) is 108 cm³/mol. The van der Waals surface area contributed by atoms with E-state index in [-0.39, 0.29) is 11.5 Å². The molecule has 0 aromatic heterocycles. The van der Waals surface area contributed by atoms with Crippen LogP contribution in [0.3, 0.4) is 0 Å². The van der Waals surface area contributed by atoms with Crippen LogP contribution >= 0.6 is 0 Å².